The maximum absolute atomic E-state index is 13.9. The standard InChI is InChI=1S/C28H33FN6O2/c1-27-9-4-10-28(2,34-27)15-20(14-27)35(19-6-7-19)24-16-30-26(33-32-24)21-8-5-17(11-22(21)36)18-12-23(29)31-25(13-18)37-3/h5,8,11-13,16,19-20,34,36H,4,6-7,9-10,14-15H2,1-3H3/t20?,27-,28+. The Morgan fingerprint density at radius 1 is 1.03 bits per heavy atom. The summed E-state index contributed by atoms with van der Waals surface area (Å²) in [7, 11) is 1.43. The van der Waals surface area contributed by atoms with E-state index in [1.165, 1.54) is 45.3 Å². The van der Waals surface area contributed by atoms with Gasteiger partial charge in [-0.2, -0.15) is 9.37 Å². The van der Waals surface area contributed by atoms with E-state index in [1.54, 1.807) is 30.5 Å². The summed E-state index contributed by atoms with van der Waals surface area (Å²) in [4.78, 5) is 10.7. The second kappa shape index (κ2) is 8.90. The first-order chi connectivity index (χ1) is 17.7. The minimum atomic E-state index is -0.651. The molecule has 2 aliphatic heterocycles. The average molecular weight is 505 g/mol. The van der Waals surface area contributed by atoms with Gasteiger partial charge >= 0.3 is 0 Å². The number of aromatic hydroxyl groups is 1. The lowest BCUT2D eigenvalue weighted by molar-refractivity contribution is 0.0766. The molecular weight excluding hydrogens is 471 g/mol. The minimum absolute atomic E-state index is 0.00526. The molecule has 3 aromatic rings. The second-order valence-corrected chi connectivity index (χ2v) is 11.4. The highest BCUT2D eigenvalue weighted by Gasteiger charge is 2.49. The van der Waals surface area contributed by atoms with Gasteiger partial charge in [0.2, 0.25) is 11.8 Å². The molecule has 1 aromatic carbocycles. The van der Waals surface area contributed by atoms with Crippen molar-refractivity contribution in [3.05, 3.63) is 42.5 Å². The van der Waals surface area contributed by atoms with Crippen LogP contribution in [0.2, 0.25) is 0 Å². The Morgan fingerprint density at radius 2 is 1.78 bits per heavy atom. The lowest BCUT2D eigenvalue weighted by atomic mass is 9.69. The SMILES string of the molecule is COc1cc(-c2ccc(-c3ncc(N(C4CC4)C4C[C@]5(C)CCC[C@](C)(C4)N5)nn3)c(O)c2)cc(F)n1. The quantitative estimate of drug-likeness (QED) is 0.459. The maximum Gasteiger partial charge on any atom is 0.216 e. The molecule has 0 spiro atoms. The van der Waals surface area contributed by atoms with E-state index >= 15 is 0 Å². The van der Waals surface area contributed by atoms with Gasteiger partial charge in [-0.3, -0.25) is 0 Å². The van der Waals surface area contributed by atoms with E-state index in [0.717, 1.165) is 18.7 Å². The topological polar surface area (TPSA) is 96.3 Å². The van der Waals surface area contributed by atoms with Gasteiger partial charge in [-0.15, -0.1) is 10.2 Å². The number of nitrogens with one attached hydrogen (secondary N) is 1. The number of pyridine rings is 1. The van der Waals surface area contributed by atoms with Crippen molar-refractivity contribution >= 4 is 5.82 Å². The number of halogens is 1. The molecule has 2 N–H and O–H groups in total. The predicted molar refractivity (Wildman–Crippen MR) is 139 cm³/mol. The number of phenols is 1. The van der Waals surface area contributed by atoms with Crippen LogP contribution in [0.4, 0.5) is 10.2 Å². The van der Waals surface area contributed by atoms with E-state index in [0.29, 0.717) is 34.6 Å². The number of methoxy groups -OCH3 is 1. The van der Waals surface area contributed by atoms with Crippen LogP contribution in [-0.2, 0) is 0 Å². The zero-order valence-corrected chi connectivity index (χ0v) is 21.5. The van der Waals surface area contributed by atoms with Gasteiger partial charge in [0.15, 0.2) is 11.6 Å². The van der Waals surface area contributed by atoms with E-state index < -0.39 is 5.95 Å². The number of hydrogen-bond donors (Lipinski definition) is 2. The highest BCUT2D eigenvalue weighted by atomic mass is 19.1. The van der Waals surface area contributed by atoms with Crippen molar-refractivity contribution in [2.24, 2.45) is 0 Å². The first-order valence-electron chi connectivity index (χ1n) is 13.1. The number of anilines is 1. The Kier molecular flexibility index (Phi) is 5.78. The summed E-state index contributed by atoms with van der Waals surface area (Å²) in [5, 5.41) is 23.7. The molecule has 6 rings (SSSR count). The third-order valence-corrected chi connectivity index (χ3v) is 8.13. The van der Waals surface area contributed by atoms with Crippen LogP contribution in [0.25, 0.3) is 22.5 Å². The number of fused-ring (bicyclic) bond motifs is 2. The summed E-state index contributed by atoms with van der Waals surface area (Å²) in [5.74, 6) is 0.667. The summed E-state index contributed by atoms with van der Waals surface area (Å²) < 4.78 is 18.9. The van der Waals surface area contributed by atoms with Gasteiger partial charge in [0.05, 0.1) is 18.9 Å². The molecule has 194 valence electrons. The van der Waals surface area contributed by atoms with Crippen molar-refractivity contribution in [3.8, 4) is 34.1 Å². The largest absolute Gasteiger partial charge is 0.507 e. The molecule has 0 amide bonds. The van der Waals surface area contributed by atoms with Crippen molar-refractivity contribution in [2.75, 3.05) is 12.0 Å². The van der Waals surface area contributed by atoms with Crippen LogP contribution in [0.1, 0.15) is 58.8 Å². The molecule has 37 heavy (non-hydrogen) atoms. The normalized spacial score (nSPS) is 27.1. The summed E-state index contributed by atoms with van der Waals surface area (Å²) in [6, 6.07) is 8.87. The number of aromatic nitrogens is 4. The first kappa shape index (κ1) is 24.0. The molecule has 3 aliphatic rings. The summed E-state index contributed by atoms with van der Waals surface area (Å²) in [5.41, 5.74) is 1.95. The van der Waals surface area contributed by atoms with Crippen LogP contribution in [0.3, 0.4) is 0 Å². The molecule has 1 unspecified atom stereocenters. The van der Waals surface area contributed by atoms with Gasteiger partial charge in [-0.1, -0.05) is 6.07 Å². The van der Waals surface area contributed by atoms with Gasteiger partial charge < -0.3 is 20.1 Å². The summed E-state index contributed by atoms with van der Waals surface area (Å²) in [6.07, 6.45) is 9.99. The maximum atomic E-state index is 13.9. The number of hydrogen-bond acceptors (Lipinski definition) is 8. The molecule has 0 radical (unpaired) electrons. The number of rotatable bonds is 6. The minimum Gasteiger partial charge on any atom is -0.507 e. The van der Waals surface area contributed by atoms with E-state index in [2.05, 4.69) is 44.2 Å². The fourth-order valence-corrected chi connectivity index (χ4v) is 6.52. The molecule has 8 nitrogen and oxygen atoms in total. The molecular formula is C28H33FN6O2. The Hall–Kier alpha value is -3.33. The molecule has 2 saturated heterocycles. The smallest absolute Gasteiger partial charge is 0.216 e. The van der Waals surface area contributed by atoms with Crippen molar-refractivity contribution in [1.29, 1.82) is 0 Å². The van der Waals surface area contributed by atoms with Gasteiger partial charge in [-0.05, 0) is 82.1 Å². The highest BCUT2D eigenvalue weighted by molar-refractivity contribution is 5.73. The van der Waals surface area contributed by atoms with Gasteiger partial charge in [0.1, 0.15) is 5.75 Å². The predicted octanol–water partition coefficient (Wildman–Crippen LogP) is 4.88. The summed E-state index contributed by atoms with van der Waals surface area (Å²) >= 11 is 0. The van der Waals surface area contributed by atoms with Gasteiger partial charge in [-0.25, -0.2) is 4.98 Å². The molecule has 2 aromatic heterocycles. The zero-order valence-electron chi connectivity index (χ0n) is 21.5. The van der Waals surface area contributed by atoms with Crippen molar-refractivity contribution in [1.82, 2.24) is 25.5 Å². The number of piperidine rings is 2. The monoisotopic (exact) mass is 504 g/mol. The van der Waals surface area contributed by atoms with Gasteiger partial charge in [0.25, 0.3) is 0 Å². The molecule has 3 fully saturated rings. The molecule has 2 bridgehead atoms. The second-order valence-electron chi connectivity index (χ2n) is 11.4. The lowest BCUT2D eigenvalue weighted by Crippen LogP contribution is -2.67. The third kappa shape index (κ3) is 4.72. The number of phenolic OH excluding ortho intramolecular Hbond substituents is 1. The van der Waals surface area contributed by atoms with E-state index in [-0.39, 0.29) is 22.7 Å². The first-order valence-corrected chi connectivity index (χ1v) is 13.1. The molecule has 1 saturated carbocycles. The average Bonchev–Trinajstić information content (AvgIpc) is 3.68. The van der Waals surface area contributed by atoms with E-state index in [9.17, 15) is 9.50 Å². The number of nitrogens with zero attached hydrogens (tertiary/aromatic N) is 5. The number of benzene rings is 1. The fraction of sp³-hybridized carbons (Fsp3) is 0.500. The highest BCUT2D eigenvalue weighted by Crippen LogP contribution is 2.45. The molecule has 3 atom stereocenters. The van der Waals surface area contributed by atoms with Crippen molar-refractivity contribution in [3.63, 3.8) is 0 Å². The van der Waals surface area contributed by atoms with Crippen LogP contribution in [0.15, 0.2) is 36.5 Å². The summed E-state index contributed by atoms with van der Waals surface area (Å²) in [6.45, 7) is 4.72. The van der Waals surface area contributed by atoms with Crippen LogP contribution in [-0.4, -0.2) is 55.5 Å². The zero-order chi connectivity index (χ0) is 25.8. The molecule has 4 heterocycles. The molecule has 9 heteroatoms. The van der Waals surface area contributed by atoms with Crippen molar-refractivity contribution in [2.45, 2.75) is 82.0 Å². The number of ether oxygens (including phenoxy) is 1. The Labute approximate surface area is 216 Å². The van der Waals surface area contributed by atoms with E-state index in [1.807, 2.05) is 0 Å². The Balaban J connectivity index is 1.26. The van der Waals surface area contributed by atoms with Crippen LogP contribution in [0.5, 0.6) is 11.6 Å². The van der Waals surface area contributed by atoms with Crippen molar-refractivity contribution < 1.29 is 14.2 Å². The Morgan fingerprint density at radius 3 is 2.41 bits per heavy atom. The third-order valence-electron chi connectivity index (χ3n) is 8.13. The van der Waals surface area contributed by atoms with Gasteiger partial charge in [0, 0.05) is 35.3 Å². The molecule has 1 aliphatic carbocycles. The van der Waals surface area contributed by atoms with Crippen LogP contribution in [0, 0.1) is 5.95 Å². The van der Waals surface area contributed by atoms with E-state index in [4.69, 9.17) is 4.74 Å². The van der Waals surface area contributed by atoms with Crippen LogP contribution >= 0.6 is 0 Å². The lowest BCUT2D eigenvalue weighted by Gasteiger charge is -2.55. The Bertz CT molecular complexity index is 1300. The fourth-order valence-electron chi connectivity index (χ4n) is 6.52. The van der Waals surface area contributed by atoms with Crippen LogP contribution < -0.4 is 15.0 Å².